The van der Waals surface area contributed by atoms with Crippen molar-refractivity contribution in [1.29, 1.82) is 0 Å². The molecule has 3 aromatic carbocycles. The monoisotopic (exact) mass is 1020 g/mol. The van der Waals surface area contributed by atoms with E-state index >= 15 is 0 Å². The molecule has 0 saturated carbocycles. The Hall–Kier alpha value is -6.52. The molecule has 72 heavy (non-hydrogen) atoms. The molecule has 5 aromatic rings. The molecule has 2 fully saturated rings. The molecule has 0 bridgehead atoms. The van der Waals surface area contributed by atoms with Crippen LogP contribution in [-0.2, 0) is 40.5 Å². The topological polar surface area (TPSA) is 240 Å². The Morgan fingerprint density at radius 1 is 0.875 bits per heavy atom. The highest BCUT2D eigenvalue weighted by Crippen LogP contribution is 2.30. The smallest absolute Gasteiger partial charge is 0.248 e. The average molecular weight is 1020 g/mol. The largest absolute Gasteiger partial charge is 0.391 e. The fourth-order valence-electron chi connectivity index (χ4n) is 8.37. The van der Waals surface area contributed by atoms with Crippen molar-refractivity contribution >= 4 is 73.8 Å². The molecule has 384 valence electrons. The standard InChI is InChI=1S/C51H65N11O8S2/c1-32-26-53-49(58-46(32)55-37-10-9-11-40(24-37)72(68,69)59-51(6,7)8)56-36-16-18-38(19-17-36)60-20-22-61(23-21-60)43(65)30-70-29-42(64)57-45(50(3,4)5)48(67)62-28-39(63)25-41(62)47(66)52-27-34-12-14-35(15-13-34)44-33(2)54-31-71-44/h9-19,24,26,31,39,41,45,59,63H,20-23,25,27-30H2,1-8H3,(H,52,66)(H,57,64)(H2,53,55,56,58)/t39-,41+,45?/m1/s1. The van der Waals surface area contributed by atoms with Crippen molar-refractivity contribution in [1.82, 2.24) is 40.1 Å². The van der Waals surface area contributed by atoms with Crippen LogP contribution in [0, 0.1) is 19.3 Å². The summed E-state index contributed by atoms with van der Waals surface area (Å²) in [5.41, 5.74) is 6.29. The van der Waals surface area contributed by atoms with E-state index in [0.29, 0.717) is 43.6 Å². The van der Waals surface area contributed by atoms with E-state index in [-0.39, 0.29) is 36.9 Å². The van der Waals surface area contributed by atoms with Gasteiger partial charge in [-0.25, -0.2) is 23.1 Å². The number of hydrogen-bond donors (Lipinski definition) is 6. The van der Waals surface area contributed by atoms with Crippen LogP contribution in [0.15, 0.2) is 89.4 Å². The summed E-state index contributed by atoms with van der Waals surface area (Å²) < 4.78 is 34.1. The fraction of sp³-hybridized carbons (Fsp3) is 0.431. The Balaban J connectivity index is 0.848. The first-order valence-electron chi connectivity index (χ1n) is 23.8. The van der Waals surface area contributed by atoms with Gasteiger partial charge in [-0.1, -0.05) is 51.1 Å². The fourth-order valence-corrected chi connectivity index (χ4v) is 10.6. The predicted molar refractivity (Wildman–Crippen MR) is 278 cm³/mol. The maximum absolute atomic E-state index is 14.1. The van der Waals surface area contributed by atoms with Crippen LogP contribution in [0.2, 0.25) is 0 Å². The van der Waals surface area contributed by atoms with Crippen LogP contribution in [-0.4, -0.2) is 132 Å². The average Bonchev–Trinajstić information content (AvgIpc) is 3.95. The number of ether oxygens (including phenoxy) is 1. The second-order valence-corrected chi connectivity index (χ2v) is 22.7. The van der Waals surface area contributed by atoms with Gasteiger partial charge in [0.2, 0.25) is 39.6 Å². The summed E-state index contributed by atoms with van der Waals surface area (Å²) in [5, 5.41) is 22.7. The maximum Gasteiger partial charge on any atom is 0.248 e. The molecule has 0 spiro atoms. The number of aromatic nitrogens is 3. The third kappa shape index (κ3) is 13.9. The lowest BCUT2D eigenvalue weighted by Crippen LogP contribution is -2.58. The van der Waals surface area contributed by atoms with Gasteiger partial charge in [0.1, 0.15) is 31.1 Å². The third-order valence-corrected chi connectivity index (χ3v) is 14.8. The zero-order valence-corrected chi connectivity index (χ0v) is 43.6. The number of hydrogen-bond acceptors (Lipinski definition) is 15. The molecule has 2 aromatic heterocycles. The number of β-amino-alcohol motifs (C(OH)–C–C–N with tert-alkyl or cyclic N) is 1. The second-order valence-electron chi connectivity index (χ2n) is 20.2. The van der Waals surface area contributed by atoms with Gasteiger partial charge in [-0.05, 0) is 93.6 Å². The third-order valence-electron chi connectivity index (χ3n) is 12.1. The Labute approximate surface area is 425 Å². The van der Waals surface area contributed by atoms with Crippen molar-refractivity contribution in [2.45, 2.75) is 97.0 Å². The van der Waals surface area contributed by atoms with Crippen LogP contribution >= 0.6 is 11.3 Å². The number of benzene rings is 3. The Morgan fingerprint density at radius 2 is 1.58 bits per heavy atom. The molecule has 19 nitrogen and oxygen atoms in total. The number of carbonyl (C=O) groups is 4. The van der Waals surface area contributed by atoms with Crippen LogP contribution in [0.1, 0.15) is 64.8 Å². The zero-order chi connectivity index (χ0) is 52.0. The molecule has 7 rings (SSSR count). The van der Waals surface area contributed by atoms with Gasteiger partial charge in [0, 0.05) is 80.1 Å². The Morgan fingerprint density at radius 3 is 2.24 bits per heavy atom. The summed E-state index contributed by atoms with van der Waals surface area (Å²) in [5.74, 6) is -0.893. The number of aliphatic hydroxyl groups is 1. The van der Waals surface area contributed by atoms with Crippen LogP contribution < -0.4 is 30.9 Å². The van der Waals surface area contributed by atoms with Crippen LogP contribution in [0.4, 0.5) is 28.8 Å². The number of carbonyl (C=O) groups excluding carboxylic acids is 4. The van der Waals surface area contributed by atoms with E-state index in [9.17, 15) is 32.7 Å². The highest BCUT2D eigenvalue weighted by Gasteiger charge is 2.44. The second kappa shape index (κ2) is 22.5. The van der Waals surface area contributed by atoms with Gasteiger partial charge in [-0.2, -0.15) is 4.98 Å². The number of piperazine rings is 1. The summed E-state index contributed by atoms with van der Waals surface area (Å²) in [6.45, 7) is 16.0. The minimum atomic E-state index is -3.74. The van der Waals surface area contributed by atoms with Gasteiger partial charge in [0.15, 0.2) is 0 Å². The lowest BCUT2D eigenvalue weighted by molar-refractivity contribution is -0.145. The molecule has 0 aliphatic carbocycles. The van der Waals surface area contributed by atoms with E-state index in [1.54, 1.807) is 87.7 Å². The van der Waals surface area contributed by atoms with Gasteiger partial charge < -0.3 is 45.8 Å². The van der Waals surface area contributed by atoms with E-state index in [2.05, 4.69) is 45.8 Å². The first-order valence-corrected chi connectivity index (χ1v) is 26.2. The van der Waals surface area contributed by atoms with Crippen LogP contribution in [0.5, 0.6) is 0 Å². The summed E-state index contributed by atoms with van der Waals surface area (Å²) in [7, 11) is -3.74. The number of nitrogens with one attached hydrogen (secondary N) is 5. The number of aliphatic hydroxyl groups excluding tert-OH is 1. The van der Waals surface area contributed by atoms with E-state index in [4.69, 9.17) is 4.74 Å². The van der Waals surface area contributed by atoms with Crippen molar-refractivity contribution in [3.05, 3.63) is 101 Å². The number of anilines is 5. The molecular formula is C51H65N11O8S2. The van der Waals surface area contributed by atoms with Gasteiger partial charge in [-0.15, -0.1) is 11.3 Å². The quantitative estimate of drug-likeness (QED) is 0.0698. The van der Waals surface area contributed by atoms with Gasteiger partial charge in [0.05, 0.1) is 27.1 Å². The molecule has 2 saturated heterocycles. The summed E-state index contributed by atoms with van der Waals surface area (Å²) in [4.78, 5) is 73.7. The van der Waals surface area contributed by atoms with Crippen molar-refractivity contribution in [2.24, 2.45) is 5.41 Å². The molecule has 3 atom stereocenters. The first kappa shape index (κ1) is 53.3. The molecule has 6 N–H and O–H groups in total. The number of sulfonamides is 1. The Bertz CT molecular complexity index is 2840. The van der Waals surface area contributed by atoms with E-state index in [0.717, 1.165) is 38.6 Å². The molecule has 4 heterocycles. The normalized spacial score (nSPS) is 16.8. The molecular weight excluding hydrogens is 959 g/mol. The lowest BCUT2D eigenvalue weighted by atomic mass is 9.85. The number of likely N-dealkylation sites (tertiary alicyclic amines) is 1. The molecule has 2 aliphatic rings. The highest BCUT2D eigenvalue weighted by atomic mass is 32.2. The number of rotatable bonds is 17. The van der Waals surface area contributed by atoms with Crippen molar-refractivity contribution < 1.29 is 37.4 Å². The molecule has 21 heteroatoms. The summed E-state index contributed by atoms with van der Waals surface area (Å²) in [6.07, 6.45) is 0.830. The summed E-state index contributed by atoms with van der Waals surface area (Å²) in [6, 6.07) is 20.1. The van der Waals surface area contributed by atoms with Gasteiger partial charge in [-0.3, -0.25) is 19.2 Å². The number of nitrogens with zero attached hydrogens (tertiary/aromatic N) is 6. The molecule has 1 unspecified atom stereocenters. The number of aryl methyl sites for hydroxylation is 2. The van der Waals surface area contributed by atoms with Crippen LogP contribution in [0.25, 0.3) is 10.4 Å². The number of amides is 4. The number of thiazole rings is 1. The van der Waals surface area contributed by atoms with Crippen LogP contribution in [0.3, 0.4) is 0 Å². The van der Waals surface area contributed by atoms with E-state index in [1.165, 1.54) is 11.0 Å². The Kier molecular flexibility index (Phi) is 16.6. The zero-order valence-electron chi connectivity index (χ0n) is 42.0. The minimum Gasteiger partial charge on any atom is -0.391 e. The highest BCUT2D eigenvalue weighted by molar-refractivity contribution is 7.89. The van der Waals surface area contributed by atoms with Crippen molar-refractivity contribution in [3.8, 4) is 10.4 Å². The SMILES string of the molecule is Cc1cnc(Nc2ccc(N3CCN(C(=O)COCC(=O)NC(C(=O)N4C[C@H](O)C[C@H]4C(=O)NCc4ccc(-c5scnc5C)cc4)C(C)(C)C)CC3)cc2)nc1Nc1cccc(S(=O)(=O)NC(C)(C)C)c1. The lowest BCUT2D eigenvalue weighted by Gasteiger charge is -2.36. The van der Waals surface area contributed by atoms with E-state index < -0.39 is 63.5 Å². The maximum atomic E-state index is 14.1. The molecule has 2 aliphatic heterocycles. The predicted octanol–water partition coefficient (Wildman–Crippen LogP) is 5.26. The molecule has 4 amide bonds. The first-order chi connectivity index (χ1) is 34.0. The van der Waals surface area contributed by atoms with Gasteiger partial charge in [0.25, 0.3) is 0 Å². The van der Waals surface area contributed by atoms with Crippen molar-refractivity contribution in [2.75, 3.05) is 61.5 Å². The van der Waals surface area contributed by atoms with Crippen molar-refractivity contribution in [3.63, 3.8) is 0 Å². The van der Waals surface area contributed by atoms with E-state index in [1.807, 2.05) is 62.4 Å². The van der Waals surface area contributed by atoms with Gasteiger partial charge >= 0.3 is 0 Å². The molecule has 0 radical (unpaired) electrons. The summed E-state index contributed by atoms with van der Waals surface area (Å²) >= 11 is 1.56. The minimum absolute atomic E-state index is 0.0559.